The second kappa shape index (κ2) is 5.94. The van der Waals surface area contributed by atoms with E-state index in [4.69, 9.17) is 0 Å². The van der Waals surface area contributed by atoms with E-state index in [9.17, 15) is 8.42 Å². The first-order valence-electron chi connectivity index (χ1n) is 10.6. The molecule has 6 rings (SSSR count). The van der Waals surface area contributed by atoms with Crippen LogP contribution in [-0.2, 0) is 15.4 Å². The lowest BCUT2D eigenvalue weighted by Crippen LogP contribution is -2.49. The molecule has 0 atom stereocenters. The molecule has 4 fully saturated rings. The molecule has 0 saturated heterocycles. The maximum atomic E-state index is 13.5. The molecule has 1 heterocycles. The summed E-state index contributed by atoms with van der Waals surface area (Å²) in [4.78, 5) is 0.362. The lowest BCUT2D eigenvalue weighted by Gasteiger charge is -2.57. The van der Waals surface area contributed by atoms with Crippen molar-refractivity contribution in [1.82, 2.24) is 9.19 Å². The summed E-state index contributed by atoms with van der Waals surface area (Å²) in [5.41, 5.74) is 4.98. The fourth-order valence-corrected chi connectivity index (χ4v) is 8.79. The number of nitrogens with zero attached hydrogens (tertiary/aromatic N) is 2. The molecule has 28 heavy (non-hydrogen) atoms. The molecule has 4 nitrogen and oxygen atoms in total. The highest BCUT2D eigenvalue weighted by Crippen LogP contribution is 2.61. The van der Waals surface area contributed by atoms with E-state index in [0.29, 0.717) is 4.90 Å². The molecule has 0 amide bonds. The third kappa shape index (κ3) is 2.54. The molecule has 1 aromatic carbocycles. The van der Waals surface area contributed by atoms with Crippen LogP contribution in [0.3, 0.4) is 0 Å². The van der Waals surface area contributed by atoms with Gasteiger partial charge >= 0.3 is 0 Å². The molecule has 4 saturated carbocycles. The topological polar surface area (TPSA) is 52.0 Å². The molecular formula is C23H30N2O2S. The Morgan fingerprint density at radius 3 is 2.07 bits per heavy atom. The van der Waals surface area contributed by atoms with Gasteiger partial charge in [-0.1, -0.05) is 17.7 Å². The molecule has 4 aliphatic carbocycles. The van der Waals surface area contributed by atoms with Crippen LogP contribution in [0.15, 0.2) is 23.1 Å². The Bertz CT molecular complexity index is 1030. The predicted octanol–water partition coefficient (Wildman–Crippen LogP) is 4.82. The maximum Gasteiger partial charge on any atom is 0.283 e. The van der Waals surface area contributed by atoms with E-state index in [-0.39, 0.29) is 5.41 Å². The van der Waals surface area contributed by atoms with Crippen molar-refractivity contribution >= 4 is 10.0 Å². The van der Waals surface area contributed by atoms with Crippen molar-refractivity contribution in [2.45, 2.75) is 76.5 Å². The molecule has 0 spiro atoms. The quantitative estimate of drug-likeness (QED) is 0.745. The number of hydrogen-bond donors (Lipinski definition) is 0. The lowest BCUT2D eigenvalue weighted by molar-refractivity contribution is -0.00574. The number of rotatable bonds is 3. The fourth-order valence-electron chi connectivity index (χ4n) is 7.22. The minimum Gasteiger partial charge on any atom is -0.199 e. The van der Waals surface area contributed by atoms with E-state index in [1.54, 1.807) is 6.07 Å². The third-order valence-electron chi connectivity index (χ3n) is 7.66. The van der Waals surface area contributed by atoms with Crippen LogP contribution in [0, 0.1) is 45.4 Å². The summed E-state index contributed by atoms with van der Waals surface area (Å²) < 4.78 is 28.3. The smallest absolute Gasteiger partial charge is 0.199 e. The first-order chi connectivity index (χ1) is 13.2. The Balaban J connectivity index is 1.63. The fraction of sp³-hybridized carbons (Fsp3) is 0.609. The molecule has 2 aromatic rings. The van der Waals surface area contributed by atoms with Gasteiger partial charge in [0.15, 0.2) is 0 Å². The Morgan fingerprint density at radius 2 is 1.54 bits per heavy atom. The van der Waals surface area contributed by atoms with Gasteiger partial charge in [-0.15, -0.1) is 0 Å². The Kier molecular flexibility index (Phi) is 3.91. The minimum absolute atomic E-state index is 0.152. The van der Waals surface area contributed by atoms with Gasteiger partial charge in [-0.2, -0.15) is 17.6 Å². The molecule has 0 N–H and O–H groups in total. The van der Waals surface area contributed by atoms with Gasteiger partial charge in [-0.05, 0) is 101 Å². The summed E-state index contributed by atoms with van der Waals surface area (Å²) in [5.74, 6) is 2.47. The molecule has 5 heteroatoms. The SMILES string of the molecule is Cc1ccc(S(=O)(=O)n2nc(C)c(C34CC5CC(CC(C5)C3)C4)c2C)c(C)c1. The van der Waals surface area contributed by atoms with E-state index in [1.165, 1.54) is 48.2 Å². The second-order valence-corrected chi connectivity index (χ2v) is 11.6. The molecule has 1 aromatic heterocycles. The average molecular weight is 399 g/mol. The van der Waals surface area contributed by atoms with Gasteiger partial charge in [0.25, 0.3) is 10.0 Å². The van der Waals surface area contributed by atoms with Crippen molar-refractivity contribution in [2.75, 3.05) is 0 Å². The molecule has 0 aliphatic heterocycles. The van der Waals surface area contributed by atoms with Gasteiger partial charge in [-0.25, -0.2) is 0 Å². The van der Waals surface area contributed by atoms with E-state index in [2.05, 4.69) is 5.10 Å². The zero-order chi connectivity index (χ0) is 19.8. The Morgan fingerprint density at radius 1 is 0.964 bits per heavy atom. The van der Waals surface area contributed by atoms with Gasteiger partial charge in [0.2, 0.25) is 0 Å². The first kappa shape index (κ1) is 18.4. The number of aromatic nitrogens is 2. The molecule has 4 bridgehead atoms. The summed E-state index contributed by atoms with van der Waals surface area (Å²) in [6.07, 6.45) is 7.80. The van der Waals surface area contributed by atoms with Crippen LogP contribution in [0.2, 0.25) is 0 Å². The van der Waals surface area contributed by atoms with Crippen molar-refractivity contribution < 1.29 is 8.42 Å². The van der Waals surface area contributed by atoms with E-state index >= 15 is 0 Å². The minimum atomic E-state index is -3.68. The van der Waals surface area contributed by atoms with Crippen LogP contribution < -0.4 is 0 Å². The van der Waals surface area contributed by atoms with Gasteiger partial charge in [0, 0.05) is 5.56 Å². The van der Waals surface area contributed by atoms with E-state index < -0.39 is 10.0 Å². The van der Waals surface area contributed by atoms with Crippen molar-refractivity contribution in [3.8, 4) is 0 Å². The highest BCUT2D eigenvalue weighted by molar-refractivity contribution is 7.90. The molecular weight excluding hydrogens is 368 g/mol. The van der Waals surface area contributed by atoms with Gasteiger partial charge in [0.1, 0.15) is 0 Å². The second-order valence-electron chi connectivity index (χ2n) is 9.86. The predicted molar refractivity (Wildman–Crippen MR) is 110 cm³/mol. The molecule has 0 unspecified atom stereocenters. The summed E-state index contributed by atoms with van der Waals surface area (Å²) in [5, 5.41) is 4.61. The summed E-state index contributed by atoms with van der Waals surface area (Å²) in [6, 6.07) is 5.52. The highest BCUT2D eigenvalue weighted by atomic mass is 32.2. The van der Waals surface area contributed by atoms with Crippen LogP contribution in [0.25, 0.3) is 0 Å². The molecule has 0 radical (unpaired) electrons. The van der Waals surface area contributed by atoms with Crippen LogP contribution in [0.4, 0.5) is 0 Å². The van der Waals surface area contributed by atoms with Crippen LogP contribution in [0.1, 0.15) is 66.6 Å². The Hall–Kier alpha value is -1.62. The van der Waals surface area contributed by atoms with Crippen molar-refractivity contribution in [3.63, 3.8) is 0 Å². The third-order valence-corrected chi connectivity index (χ3v) is 9.48. The van der Waals surface area contributed by atoms with Crippen LogP contribution in [0.5, 0.6) is 0 Å². The van der Waals surface area contributed by atoms with Gasteiger partial charge < -0.3 is 0 Å². The summed E-state index contributed by atoms with van der Waals surface area (Å²) in [7, 11) is -3.68. The van der Waals surface area contributed by atoms with Gasteiger partial charge in [0.05, 0.1) is 16.3 Å². The highest BCUT2D eigenvalue weighted by Gasteiger charge is 2.53. The Labute approximate surface area is 168 Å². The lowest BCUT2D eigenvalue weighted by atomic mass is 9.48. The van der Waals surface area contributed by atoms with E-state index in [1.807, 2.05) is 39.8 Å². The zero-order valence-electron chi connectivity index (χ0n) is 17.3. The zero-order valence-corrected chi connectivity index (χ0v) is 18.1. The standard InChI is InChI=1S/C23H30N2O2S/c1-14-5-6-21(15(2)7-14)28(26,27)25-17(4)22(16(3)24-25)23-11-18-8-19(12-23)10-20(9-18)13-23/h5-7,18-20H,8-13H2,1-4H3. The van der Waals surface area contributed by atoms with Gasteiger partial charge in [-0.3, -0.25) is 0 Å². The largest absolute Gasteiger partial charge is 0.283 e. The molecule has 150 valence electrons. The maximum absolute atomic E-state index is 13.5. The summed E-state index contributed by atoms with van der Waals surface area (Å²) >= 11 is 0. The monoisotopic (exact) mass is 398 g/mol. The first-order valence-corrected chi connectivity index (χ1v) is 12.0. The van der Waals surface area contributed by atoms with Crippen molar-refractivity contribution in [3.05, 3.63) is 46.3 Å². The normalized spacial score (nSPS) is 31.5. The molecule has 4 aliphatic rings. The number of benzene rings is 1. The van der Waals surface area contributed by atoms with Crippen molar-refractivity contribution in [2.24, 2.45) is 17.8 Å². The number of hydrogen-bond acceptors (Lipinski definition) is 3. The van der Waals surface area contributed by atoms with Crippen LogP contribution >= 0.6 is 0 Å². The summed E-state index contributed by atoms with van der Waals surface area (Å²) in [6.45, 7) is 7.83. The van der Waals surface area contributed by atoms with Crippen molar-refractivity contribution in [1.29, 1.82) is 0 Å². The average Bonchev–Trinajstić information content (AvgIpc) is 2.89. The van der Waals surface area contributed by atoms with E-state index in [0.717, 1.165) is 40.3 Å². The van der Waals surface area contributed by atoms with Crippen LogP contribution in [-0.4, -0.2) is 17.6 Å². The number of aryl methyl sites for hydroxylation is 3.